The summed E-state index contributed by atoms with van der Waals surface area (Å²) in [6, 6.07) is 3.46. The fourth-order valence-corrected chi connectivity index (χ4v) is 2.77. The van der Waals surface area contributed by atoms with Gasteiger partial charge < -0.3 is 9.52 Å². The molecule has 1 aromatic heterocycles. The molecule has 7 heteroatoms. The molecule has 0 aliphatic carbocycles. The van der Waals surface area contributed by atoms with Crippen molar-refractivity contribution in [2.24, 2.45) is 5.92 Å². The highest BCUT2D eigenvalue weighted by Crippen LogP contribution is 2.23. The van der Waals surface area contributed by atoms with E-state index in [-0.39, 0.29) is 11.8 Å². The summed E-state index contributed by atoms with van der Waals surface area (Å²) in [5.41, 5.74) is 0.993. The number of benzene rings is 1. The van der Waals surface area contributed by atoms with Crippen LogP contribution in [0, 0.1) is 17.6 Å². The molecule has 2 heterocycles. The number of oxazole rings is 1. The Morgan fingerprint density at radius 2 is 2.22 bits per heavy atom. The molecule has 1 N–H and O–H groups in total. The Morgan fingerprint density at radius 1 is 1.39 bits per heavy atom. The maximum atomic E-state index is 13.3. The Balaban J connectivity index is 1.69. The minimum absolute atomic E-state index is 0.214. The Kier molecular flexibility index (Phi) is 4.38. The molecule has 1 aromatic carbocycles. The van der Waals surface area contributed by atoms with Gasteiger partial charge in [-0.3, -0.25) is 9.69 Å². The van der Waals surface area contributed by atoms with Crippen molar-refractivity contribution in [1.29, 1.82) is 0 Å². The molecule has 0 bridgehead atoms. The minimum Gasteiger partial charge on any atom is -0.481 e. The van der Waals surface area contributed by atoms with Gasteiger partial charge in [-0.25, -0.2) is 13.8 Å². The van der Waals surface area contributed by atoms with E-state index in [1.54, 1.807) is 0 Å². The third-order valence-corrected chi connectivity index (χ3v) is 3.96. The lowest BCUT2D eigenvalue weighted by molar-refractivity contribution is -0.143. The van der Waals surface area contributed by atoms with Crippen LogP contribution in [0.1, 0.15) is 18.5 Å². The molecule has 0 spiro atoms. The molecular formula is C16H16F2N2O3. The molecule has 1 saturated heterocycles. The van der Waals surface area contributed by atoms with E-state index in [1.807, 2.05) is 4.90 Å². The lowest BCUT2D eigenvalue weighted by Gasteiger charge is -2.29. The van der Waals surface area contributed by atoms with Gasteiger partial charge in [0.15, 0.2) is 11.6 Å². The van der Waals surface area contributed by atoms with E-state index in [0.29, 0.717) is 30.8 Å². The normalized spacial score (nSPS) is 19.0. The molecule has 23 heavy (non-hydrogen) atoms. The van der Waals surface area contributed by atoms with Crippen LogP contribution < -0.4 is 0 Å². The first kappa shape index (κ1) is 15.6. The van der Waals surface area contributed by atoms with Crippen LogP contribution >= 0.6 is 0 Å². The van der Waals surface area contributed by atoms with Gasteiger partial charge in [0.25, 0.3) is 0 Å². The second-order valence-electron chi connectivity index (χ2n) is 5.69. The molecular weight excluding hydrogens is 306 g/mol. The standard InChI is InChI=1S/C16H16F2N2O3/c17-13-4-3-10(6-14(13)18)15-19-12(9-23-15)8-20-5-1-2-11(7-20)16(21)22/h3-4,6,9,11H,1-2,5,7-8H2,(H,21,22)/t11-/m1/s1. The Labute approximate surface area is 131 Å². The molecule has 1 atom stereocenters. The Morgan fingerprint density at radius 3 is 2.96 bits per heavy atom. The van der Waals surface area contributed by atoms with Gasteiger partial charge in [-0.2, -0.15) is 0 Å². The highest BCUT2D eigenvalue weighted by Gasteiger charge is 2.25. The number of halogens is 2. The van der Waals surface area contributed by atoms with E-state index < -0.39 is 17.6 Å². The van der Waals surface area contributed by atoms with Crippen LogP contribution in [-0.2, 0) is 11.3 Å². The van der Waals surface area contributed by atoms with E-state index in [0.717, 1.165) is 25.1 Å². The number of carboxylic acid groups (broad SMARTS) is 1. The van der Waals surface area contributed by atoms with Gasteiger partial charge in [0.2, 0.25) is 5.89 Å². The summed E-state index contributed by atoms with van der Waals surface area (Å²) in [4.78, 5) is 17.4. The zero-order valence-corrected chi connectivity index (χ0v) is 12.3. The predicted molar refractivity (Wildman–Crippen MR) is 77.5 cm³/mol. The van der Waals surface area contributed by atoms with Crippen LogP contribution in [0.3, 0.4) is 0 Å². The summed E-state index contributed by atoms with van der Waals surface area (Å²) in [7, 11) is 0. The quantitative estimate of drug-likeness (QED) is 0.937. The summed E-state index contributed by atoms with van der Waals surface area (Å²) < 4.78 is 31.5. The van der Waals surface area contributed by atoms with Gasteiger partial charge in [0, 0.05) is 18.7 Å². The second kappa shape index (κ2) is 6.45. The van der Waals surface area contributed by atoms with Gasteiger partial charge in [0.05, 0.1) is 11.6 Å². The third kappa shape index (κ3) is 3.56. The van der Waals surface area contributed by atoms with E-state index in [4.69, 9.17) is 9.52 Å². The monoisotopic (exact) mass is 322 g/mol. The number of likely N-dealkylation sites (tertiary alicyclic amines) is 1. The lowest BCUT2D eigenvalue weighted by atomic mass is 9.98. The molecule has 2 aromatic rings. The van der Waals surface area contributed by atoms with Crippen LogP contribution in [0.5, 0.6) is 0 Å². The largest absolute Gasteiger partial charge is 0.481 e. The third-order valence-electron chi connectivity index (χ3n) is 3.96. The van der Waals surface area contributed by atoms with E-state index in [9.17, 15) is 13.6 Å². The maximum Gasteiger partial charge on any atom is 0.307 e. The van der Waals surface area contributed by atoms with Crippen molar-refractivity contribution in [3.05, 3.63) is 41.8 Å². The highest BCUT2D eigenvalue weighted by molar-refractivity contribution is 5.70. The molecule has 122 valence electrons. The van der Waals surface area contributed by atoms with Crippen LogP contribution in [0.15, 0.2) is 28.9 Å². The molecule has 0 unspecified atom stereocenters. The summed E-state index contributed by atoms with van der Waals surface area (Å²) in [6.07, 6.45) is 2.97. The van der Waals surface area contributed by atoms with Crippen molar-refractivity contribution in [3.63, 3.8) is 0 Å². The van der Waals surface area contributed by atoms with Gasteiger partial charge >= 0.3 is 5.97 Å². The average molecular weight is 322 g/mol. The number of hydrogen-bond acceptors (Lipinski definition) is 4. The number of hydrogen-bond donors (Lipinski definition) is 1. The number of carboxylic acids is 1. The van der Waals surface area contributed by atoms with Crippen LogP contribution in [0.4, 0.5) is 8.78 Å². The number of carbonyl (C=O) groups is 1. The summed E-state index contributed by atoms with van der Waals surface area (Å²) in [5, 5.41) is 9.10. The first-order valence-electron chi connectivity index (χ1n) is 7.38. The fourth-order valence-electron chi connectivity index (χ4n) is 2.77. The molecule has 1 aliphatic rings. The van der Waals surface area contributed by atoms with Crippen molar-refractivity contribution in [2.75, 3.05) is 13.1 Å². The lowest BCUT2D eigenvalue weighted by Crippen LogP contribution is -2.38. The highest BCUT2D eigenvalue weighted by atomic mass is 19.2. The van der Waals surface area contributed by atoms with Gasteiger partial charge in [-0.05, 0) is 37.6 Å². The van der Waals surface area contributed by atoms with Crippen molar-refractivity contribution < 1.29 is 23.1 Å². The molecule has 0 radical (unpaired) electrons. The van der Waals surface area contributed by atoms with Crippen LogP contribution in [-0.4, -0.2) is 34.0 Å². The first-order chi connectivity index (χ1) is 11.0. The smallest absolute Gasteiger partial charge is 0.307 e. The van der Waals surface area contributed by atoms with Crippen LogP contribution in [0.2, 0.25) is 0 Å². The van der Waals surface area contributed by atoms with Crippen LogP contribution in [0.25, 0.3) is 11.5 Å². The number of piperidine rings is 1. The predicted octanol–water partition coefficient (Wildman–Crippen LogP) is 2.92. The zero-order valence-electron chi connectivity index (χ0n) is 12.3. The second-order valence-corrected chi connectivity index (χ2v) is 5.69. The molecule has 0 saturated carbocycles. The summed E-state index contributed by atoms with van der Waals surface area (Å²) in [6.45, 7) is 1.75. The Bertz CT molecular complexity index is 717. The SMILES string of the molecule is O=C(O)[C@@H]1CCCN(Cc2coc(-c3ccc(F)c(F)c3)n2)C1. The summed E-state index contributed by atoms with van der Waals surface area (Å²) in [5.74, 6) is -2.81. The average Bonchev–Trinajstić information content (AvgIpc) is 2.99. The number of rotatable bonds is 4. The van der Waals surface area contributed by atoms with E-state index >= 15 is 0 Å². The maximum absolute atomic E-state index is 13.3. The van der Waals surface area contributed by atoms with Crippen molar-refractivity contribution in [2.45, 2.75) is 19.4 Å². The molecule has 1 fully saturated rings. The van der Waals surface area contributed by atoms with E-state index in [1.165, 1.54) is 12.3 Å². The molecule has 0 amide bonds. The Hall–Kier alpha value is -2.28. The topological polar surface area (TPSA) is 66.6 Å². The number of nitrogens with zero attached hydrogens (tertiary/aromatic N) is 2. The minimum atomic E-state index is -0.956. The number of aromatic nitrogens is 1. The summed E-state index contributed by atoms with van der Waals surface area (Å²) >= 11 is 0. The zero-order chi connectivity index (χ0) is 16.4. The van der Waals surface area contributed by atoms with Crippen molar-refractivity contribution in [1.82, 2.24) is 9.88 Å². The van der Waals surface area contributed by atoms with Crippen molar-refractivity contribution in [3.8, 4) is 11.5 Å². The molecule has 3 rings (SSSR count). The van der Waals surface area contributed by atoms with Gasteiger partial charge in [-0.15, -0.1) is 0 Å². The molecule has 1 aliphatic heterocycles. The van der Waals surface area contributed by atoms with Gasteiger partial charge in [-0.1, -0.05) is 0 Å². The number of aliphatic carboxylic acids is 1. The van der Waals surface area contributed by atoms with Crippen molar-refractivity contribution >= 4 is 5.97 Å². The van der Waals surface area contributed by atoms with E-state index in [2.05, 4.69) is 4.98 Å². The first-order valence-corrected chi connectivity index (χ1v) is 7.38. The molecule has 5 nitrogen and oxygen atoms in total. The van der Waals surface area contributed by atoms with Gasteiger partial charge in [0.1, 0.15) is 6.26 Å². The fraction of sp³-hybridized carbons (Fsp3) is 0.375.